The Hall–Kier alpha value is -0.314. The Morgan fingerprint density at radius 1 is 0.720 bits per heavy atom. The van der Waals surface area contributed by atoms with Gasteiger partial charge in [-0.3, -0.25) is 13.6 Å². The van der Waals surface area contributed by atoms with E-state index >= 15 is 0 Å². The van der Waals surface area contributed by atoms with E-state index in [1.54, 1.807) is 13.8 Å². The molecule has 0 aromatic rings. The quantitative estimate of drug-likeness (QED) is 0.544. The van der Waals surface area contributed by atoms with Crippen LogP contribution in [-0.4, -0.2) is 48.1 Å². The second-order valence-corrected chi connectivity index (χ2v) is 6.59. The molecule has 6 nitrogen and oxygen atoms in total. The molecule has 0 aromatic carbocycles. The first-order valence-electron chi connectivity index (χ1n) is 8.69. The Balaban J connectivity index is -0.000000312. The molecule has 0 aromatic heterocycles. The topological polar surface area (TPSA) is 122 Å². The molecule has 1 radical (unpaired) electrons. The van der Waals surface area contributed by atoms with Crippen molar-refractivity contribution in [1.29, 1.82) is 0 Å². The van der Waals surface area contributed by atoms with E-state index in [2.05, 4.69) is 13.6 Å². The fourth-order valence-corrected chi connectivity index (χ4v) is 3.47. The molecule has 2 rings (SSSR count). The van der Waals surface area contributed by atoms with Crippen LogP contribution >= 0.6 is 0 Å². The van der Waals surface area contributed by atoms with Crippen LogP contribution in [0.4, 0.5) is 0 Å². The molecule has 2 aliphatic carbocycles. The first-order valence-corrected chi connectivity index (χ1v) is 8.69. The number of aliphatic hydroxyl groups is 2. The third-order valence-corrected chi connectivity index (χ3v) is 4.88. The summed E-state index contributed by atoms with van der Waals surface area (Å²) in [7, 11) is 0. The second kappa shape index (κ2) is 18.5. The van der Waals surface area contributed by atoms with Crippen molar-refractivity contribution in [3.63, 3.8) is 0 Å². The van der Waals surface area contributed by atoms with Gasteiger partial charge in [-0.25, -0.2) is 0 Å². The summed E-state index contributed by atoms with van der Waals surface area (Å²) in [5.41, 5.74) is 15.2. The zero-order valence-corrected chi connectivity index (χ0v) is 16.4. The first-order chi connectivity index (χ1) is 11.4. The van der Waals surface area contributed by atoms with Crippen LogP contribution in [0.1, 0.15) is 65.2 Å². The van der Waals surface area contributed by atoms with E-state index in [1.165, 1.54) is 25.7 Å². The van der Waals surface area contributed by atoms with Gasteiger partial charge in [0.05, 0.1) is 12.2 Å². The standard InChI is InChI=1S/2C8H16NO.2CHO.Co/c2*1-6(10)7-4-2-3-5-8(7)9;2*1-2;/h2*6-10H,2-5H2,1H3;2*1H;/q4*-1;. The molecule has 0 spiro atoms. The summed E-state index contributed by atoms with van der Waals surface area (Å²) in [6.45, 7) is 10.1. The number of carbonyl (C=O) groups excluding carboxylic acids is 2. The average molecular weight is 401 g/mol. The Labute approximate surface area is 163 Å². The third kappa shape index (κ3) is 12.6. The van der Waals surface area contributed by atoms with Crippen molar-refractivity contribution in [1.82, 2.24) is 0 Å². The van der Waals surface area contributed by atoms with E-state index in [0.717, 1.165) is 25.7 Å². The molecule has 2 saturated carbocycles. The molecule has 6 atom stereocenters. The van der Waals surface area contributed by atoms with E-state index in [4.69, 9.17) is 21.1 Å². The maximum Gasteiger partial charge on any atom is 0.0526 e. The fourth-order valence-electron chi connectivity index (χ4n) is 3.47. The van der Waals surface area contributed by atoms with E-state index in [9.17, 15) is 10.2 Å². The molecule has 2 fully saturated rings. The van der Waals surface area contributed by atoms with Gasteiger partial charge in [-0.2, -0.15) is 0 Å². The van der Waals surface area contributed by atoms with Crippen molar-refractivity contribution >= 4 is 13.6 Å². The van der Waals surface area contributed by atoms with Crippen LogP contribution in [0.3, 0.4) is 0 Å². The molecule has 25 heavy (non-hydrogen) atoms. The summed E-state index contributed by atoms with van der Waals surface area (Å²) in [5, 5.41) is 18.5. The van der Waals surface area contributed by atoms with E-state index in [1.807, 2.05) is 0 Å². The van der Waals surface area contributed by atoms with E-state index in [0.29, 0.717) is 0 Å². The minimum atomic E-state index is -0.275. The van der Waals surface area contributed by atoms with Crippen molar-refractivity contribution < 1.29 is 36.6 Å². The Morgan fingerprint density at radius 2 is 0.960 bits per heavy atom. The molecular weight excluding hydrogens is 367 g/mol. The summed E-state index contributed by atoms with van der Waals surface area (Å²) in [5.74, 6) is 0.488. The third-order valence-electron chi connectivity index (χ3n) is 4.88. The van der Waals surface area contributed by atoms with Crippen molar-refractivity contribution in [2.24, 2.45) is 11.8 Å². The molecule has 6 unspecified atom stereocenters. The van der Waals surface area contributed by atoms with Gasteiger partial charge in [0.15, 0.2) is 0 Å². The largest absolute Gasteiger partial charge is 0.674 e. The number of hydrogen-bond donors (Lipinski definition) is 2. The molecule has 7 heteroatoms. The summed E-state index contributed by atoms with van der Waals surface area (Å²) in [4.78, 5) is 15.5. The van der Waals surface area contributed by atoms with Crippen LogP contribution in [0.5, 0.6) is 0 Å². The number of aliphatic hydroxyl groups excluding tert-OH is 2. The normalized spacial score (nSPS) is 30.3. The smallest absolute Gasteiger partial charge is 0.0526 e. The van der Waals surface area contributed by atoms with Gasteiger partial charge in [0.1, 0.15) is 0 Å². The molecule has 153 valence electrons. The predicted octanol–water partition coefficient (Wildman–Crippen LogP) is 3.41. The SMILES string of the molecule is CC(O)C1CCCCC1[NH-].CC(O)C1CCCCC1[NH-].[CH-]=O.[CH-]=O.[Co]. The van der Waals surface area contributed by atoms with Crippen LogP contribution in [0.25, 0.3) is 11.5 Å². The summed E-state index contributed by atoms with van der Waals surface area (Å²) < 4.78 is 0. The molecule has 0 saturated heterocycles. The van der Waals surface area contributed by atoms with Gasteiger partial charge >= 0.3 is 0 Å². The van der Waals surface area contributed by atoms with Crippen LogP contribution in [0, 0.1) is 11.8 Å². The predicted molar refractivity (Wildman–Crippen MR) is 97.0 cm³/mol. The number of rotatable bonds is 2. The maximum atomic E-state index is 9.23. The van der Waals surface area contributed by atoms with Gasteiger partial charge in [0, 0.05) is 16.8 Å². The summed E-state index contributed by atoms with van der Waals surface area (Å²) >= 11 is 0. The molecule has 2 aliphatic rings. The van der Waals surface area contributed by atoms with Gasteiger partial charge in [-0.15, -0.1) is 12.1 Å². The van der Waals surface area contributed by atoms with E-state index < -0.39 is 0 Å². The molecule has 4 N–H and O–H groups in total. The second-order valence-electron chi connectivity index (χ2n) is 6.59. The molecule has 0 aliphatic heterocycles. The maximum absolute atomic E-state index is 9.23. The first kappa shape index (κ1) is 29.4. The molecule has 0 heterocycles. The van der Waals surface area contributed by atoms with Crippen molar-refractivity contribution in [3.05, 3.63) is 11.5 Å². The summed E-state index contributed by atoms with van der Waals surface area (Å²) in [6.07, 6.45) is 8.26. The van der Waals surface area contributed by atoms with Crippen LogP contribution in [0.15, 0.2) is 0 Å². The molecule has 0 amide bonds. The minimum Gasteiger partial charge on any atom is -0.674 e. The monoisotopic (exact) mass is 401 g/mol. The van der Waals surface area contributed by atoms with Gasteiger partial charge in [0.25, 0.3) is 0 Å². The zero-order valence-electron chi connectivity index (χ0n) is 15.3. The van der Waals surface area contributed by atoms with Crippen LogP contribution < -0.4 is 0 Å². The Morgan fingerprint density at radius 3 is 1.12 bits per heavy atom. The van der Waals surface area contributed by atoms with Gasteiger partial charge < -0.3 is 31.3 Å². The Bertz CT molecular complexity index is 268. The number of hydrogen-bond acceptors (Lipinski definition) is 4. The van der Waals surface area contributed by atoms with Gasteiger partial charge in [0.2, 0.25) is 0 Å². The van der Waals surface area contributed by atoms with Crippen molar-refractivity contribution in [3.8, 4) is 0 Å². The molecular formula is C18H34CoN2O4-4. The minimum absolute atomic E-state index is 0. The zero-order chi connectivity index (χ0) is 19.1. The molecule has 0 bridgehead atoms. The number of nitrogens with one attached hydrogen (secondary N) is 2. The van der Waals surface area contributed by atoms with Gasteiger partial charge in [-0.05, 0) is 38.5 Å². The summed E-state index contributed by atoms with van der Waals surface area (Å²) in [6, 6.07) is -0.0116. The van der Waals surface area contributed by atoms with Crippen molar-refractivity contribution in [2.45, 2.75) is 89.5 Å². The average Bonchev–Trinajstić information content (AvgIpc) is 2.59. The van der Waals surface area contributed by atoms with Crippen LogP contribution in [0.2, 0.25) is 0 Å². The Kier molecular flexibility index (Phi) is 21.8. The van der Waals surface area contributed by atoms with E-state index in [-0.39, 0.29) is 52.9 Å². The fraction of sp³-hybridized carbons (Fsp3) is 0.889. The van der Waals surface area contributed by atoms with Gasteiger partial charge in [-0.1, -0.05) is 38.5 Å². The van der Waals surface area contributed by atoms with Crippen molar-refractivity contribution in [2.75, 3.05) is 0 Å². The van der Waals surface area contributed by atoms with Crippen LogP contribution in [-0.2, 0) is 26.4 Å².